The number of ether oxygens (including phenoxy) is 1. The summed E-state index contributed by atoms with van der Waals surface area (Å²) in [5.41, 5.74) is -0.0840. The maximum Gasteiger partial charge on any atom is 0.152 e. The van der Waals surface area contributed by atoms with Gasteiger partial charge in [-0.2, -0.15) is 0 Å². The van der Waals surface area contributed by atoms with Crippen LogP contribution in [-0.2, 0) is 14.6 Å². The first-order valence-corrected chi connectivity index (χ1v) is 7.99. The number of aliphatic hydroxyl groups excluding tert-OH is 1. The van der Waals surface area contributed by atoms with Crippen molar-refractivity contribution < 1.29 is 18.3 Å². The second-order valence-corrected chi connectivity index (χ2v) is 7.50. The highest BCUT2D eigenvalue weighted by Crippen LogP contribution is 2.31. The van der Waals surface area contributed by atoms with Gasteiger partial charge in [-0.15, -0.1) is 0 Å². The summed E-state index contributed by atoms with van der Waals surface area (Å²) in [5, 5.41) is 9.57. The van der Waals surface area contributed by atoms with Gasteiger partial charge in [-0.3, -0.25) is 0 Å². The van der Waals surface area contributed by atoms with Gasteiger partial charge in [-0.25, -0.2) is 8.42 Å². The van der Waals surface area contributed by atoms with Gasteiger partial charge >= 0.3 is 0 Å². The zero-order valence-corrected chi connectivity index (χ0v) is 10.9. The molecule has 6 heteroatoms. The molecule has 0 spiro atoms. The Labute approximate surface area is 103 Å². The third-order valence-corrected chi connectivity index (χ3v) is 5.49. The summed E-state index contributed by atoms with van der Waals surface area (Å²) in [4.78, 5) is 2.17. The summed E-state index contributed by atoms with van der Waals surface area (Å²) in [5.74, 6) is 0.510. The van der Waals surface area contributed by atoms with Gasteiger partial charge in [0.2, 0.25) is 0 Å². The third-order valence-electron chi connectivity index (χ3n) is 3.88. The largest absolute Gasteiger partial charge is 0.396 e. The fourth-order valence-corrected chi connectivity index (χ4v) is 3.83. The van der Waals surface area contributed by atoms with E-state index in [2.05, 4.69) is 4.90 Å². The lowest BCUT2D eigenvalue weighted by atomic mass is 9.80. The van der Waals surface area contributed by atoms with Crippen LogP contribution in [0.25, 0.3) is 0 Å². The van der Waals surface area contributed by atoms with Crippen LogP contribution in [0.4, 0.5) is 0 Å². The topological polar surface area (TPSA) is 66.8 Å². The van der Waals surface area contributed by atoms with Crippen LogP contribution < -0.4 is 0 Å². The summed E-state index contributed by atoms with van der Waals surface area (Å²) in [6, 6.07) is 0. The molecule has 0 atom stereocenters. The standard InChI is InChI=1S/C11H21NO4S/c13-10-11(1-5-16-6-2-11)9-12-3-7-17(14,15)8-4-12/h13H,1-10H2. The van der Waals surface area contributed by atoms with Crippen LogP contribution in [0.2, 0.25) is 0 Å². The number of rotatable bonds is 3. The van der Waals surface area contributed by atoms with Crippen LogP contribution in [0, 0.1) is 5.41 Å². The Kier molecular flexibility index (Phi) is 4.07. The first-order valence-electron chi connectivity index (χ1n) is 6.17. The summed E-state index contributed by atoms with van der Waals surface area (Å²) < 4.78 is 28.0. The predicted molar refractivity (Wildman–Crippen MR) is 64.7 cm³/mol. The number of sulfone groups is 1. The highest BCUT2D eigenvalue weighted by atomic mass is 32.2. The van der Waals surface area contributed by atoms with Gasteiger partial charge < -0.3 is 14.7 Å². The van der Waals surface area contributed by atoms with Gasteiger partial charge in [0.05, 0.1) is 18.1 Å². The van der Waals surface area contributed by atoms with Crippen molar-refractivity contribution in [1.29, 1.82) is 0 Å². The highest BCUT2D eigenvalue weighted by Gasteiger charge is 2.35. The number of aliphatic hydroxyl groups is 1. The summed E-state index contributed by atoms with van der Waals surface area (Å²) in [6.07, 6.45) is 1.74. The van der Waals surface area contributed by atoms with Crippen molar-refractivity contribution in [3.05, 3.63) is 0 Å². The minimum atomic E-state index is -2.81. The maximum absolute atomic E-state index is 11.3. The molecule has 100 valence electrons. The minimum absolute atomic E-state index is 0.0840. The normalized spacial score (nSPS) is 29.0. The summed E-state index contributed by atoms with van der Waals surface area (Å²) in [6.45, 7) is 3.57. The van der Waals surface area contributed by atoms with Gasteiger partial charge in [0, 0.05) is 38.3 Å². The van der Waals surface area contributed by atoms with E-state index in [0.717, 1.165) is 19.4 Å². The maximum atomic E-state index is 11.3. The Balaban J connectivity index is 1.91. The molecular formula is C11H21NO4S. The van der Waals surface area contributed by atoms with E-state index < -0.39 is 9.84 Å². The molecule has 0 aromatic carbocycles. The first-order chi connectivity index (χ1) is 8.05. The summed E-state index contributed by atoms with van der Waals surface area (Å²) in [7, 11) is -2.81. The molecule has 0 unspecified atom stereocenters. The molecular weight excluding hydrogens is 242 g/mol. The van der Waals surface area contributed by atoms with Crippen LogP contribution in [0.5, 0.6) is 0 Å². The molecule has 2 heterocycles. The average molecular weight is 263 g/mol. The molecule has 17 heavy (non-hydrogen) atoms. The molecule has 0 radical (unpaired) electrons. The zero-order chi connectivity index (χ0) is 12.4. The van der Waals surface area contributed by atoms with Crippen molar-refractivity contribution in [2.24, 2.45) is 5.41 Å². The minimum Gasteiger partial charge on any atom is -0.396 e. The van der Waals surface area contributed by atoms with E-state index in [4.69, 9.17) is 4.74 Å². The molecule has 1 N–H and O–H groups in total. The summed E-state index contributed by atoms with van der Waals surface area (Å²) >= 11 is 0. The van der Waals surface area contributed by atoms with Crippen LogP contribution in [-0.4, -0.2) is 69.4 Å². The van der Waals surface area contributed by atoms with E-state index in [-0.39, 0.29) is 23.5 Å². The molecule has 2 rings (SSSR count). The van der Waals surface area contributed by atoms with Crippen molar-refractivity contribution in [3.8, 4) is 0 Å². The Hall–Kier alpha value is -0.170. The smallest absolute Gasteiger partial charge is 0.152 e. The molecule has 2 aliphatic heterocycles. The van der Waals surface area contributed by atoms with Crippen molar-refractivity contribution in [3.63, 3.8) is 0 Å². The van der Waals surface area contributed by atoms with Crippen molar-refractivity contribution in [2.75, 3.05) is 51.0 Å². The van der Waals surface area contributed by atoms with E-state index >= 15 is 0 Å². The van der Waals surface area contributed by atoms with E-state index in [0.29, 0.717) is 26.3 Å². The Morgan fingerprint density at radius 3 is 2.29 bits per heavy atom. The first kappa shape index (κ1) is 13.3. The van der Waals surface area contributed by atoms with Crippen LogP contribution in [0.3, 0.4) is 0 Å². The van der Waals surface area contributed by atoms with Crippen molar-refractivity contribution in [2.45, 2.75) is 12.8 Å². The Morgan fingerprint density at radius 1 is 1.18 bits per heavy atom. The second-order valence-electron chi connectivity index (χ2n) is 5.20. The Morgan fingerprint density at radius 2 is 1.76 bits per heavy atom. The van der Waals surface area contributed by atoms with Crippen molar-refractivity contribution >= 4 is 9.84 Å². The SMILES string of the molecule is O=S1(=O)CCN(CC2(CO)CCOCC2)CC1. The molecule has 0 aromatic rings. The van der Waals surface area contributed by atoms with E-state index in [1.807, 2.05) is 0 Å². The van der Waals surface area contributed by atoms with E-state index in [1.54, 1.807) is 0 Å². The molecule has 0 aromatic heterocycles. The molecule has 0 amide bonds. The van der Waals surface area contributed by atoms with Gasteiger partial charge in [-0.05, 0) is 12.8 Å². The zero-order valence-electron chi connectivity index (χ0n) is 10.1. The van der Waals surface area contributed by atoms with E-state index in [1.165, 1.54) is 0 Å². The second kappa shape index (κ2) is 5.22. The fourth-order valence-electron chi connectivity index (χ4n) is 2.55. The number of hydrogen-bond donors (Lipinski definition) is 1. The fraction of sp³-hybridized carbons (Fsp3) is 1.00. The molecule has 2 saturated heterocycles. The monoisotopic (exact) mass is 263 g/mol. The van der Waals surface area contributed by atoms with Gasteiger partial charge in [0.1, 0.15) is 0 Å². The van der Waals surface area contributed by atoms with Crippen LogP contribution in [0.1, 0.15) is 12.8 Å². The molecule has 0 bridgehead atoms. The van der Waals surface area contributed by atoms with Gasteiger partial charge in [0.15, 0.2) is 9.84 Å². The highest BCUT2D eigenvalue weighted by molar-refractivity contribution is 7.91. The average Bonchev–Trinajstić information content (AvgIpc) is 2.33. The molecule has 2 aliphatic rings. The third kappa shape index (κ3) is 3.40. The predicted octanol–water partition coefficient (Wildman–Crippen LogP) is -0.494. The lowest BCUT2D eigenvalue weighted by molar-refractivity contribution is -0.0331. The number of nitrogens with zero attached hydrogens (tertiary/aromatic N) is 1. The number of hydrogen-bond acceptors (Lipinski definition) is 5. The van der Waals surface area contributed by atoms with Crippen molar-refractivity contribution in [1.82, 2.24) is 4.90 Å². The van der Waals surface area contributed by atoms with Gasteiger partial charge in [-0.1, -0.05) is 0 Å². The molecule has 0 saturated carbocycles. The molecule has 5 nitrogen and oxygen atoms in total. The lowest BCUT2D eigenvalue weighted by Gasteiger charge is -2.40. The molecule has 0 aliphatic carbocycles. The molecule has 2 fully saturated rings. The Bertz CT molecular complexity index is 334. The quantitative estimate of drug-likeness (QED) is 0.744. The van der Waals surface area contributed by atoms with Crippen LogP contribution >= 0.6 is 0 Å². The van der Waals surface area contributed by atoms with E-state index in [9.17, 15) is 13.5 Å². The van der Waals surface area contributed by atoms with Crippen LogP contribution in [0.15, 0.2) is 0 Å². The lowest BCUT2D eigenvalue weighted by Crippen LogP contribution is -2.49. The van der Waals surface area contributed by atoms with Gasteiger partial charge in [0.25, 0.3) is 0 Å².